The Balaban J connectivity index is 2.39. The van der Waals surface area contributed by atoms with Gasteiger partial charge in [-0.25, -0.2) is 4.57 Å². The number of aliphatic hydroxyl groups excluding tert-OH is 5. The Morgan fingerprint density at radius 1 is 0.541 bits per heavy atom. The second-order valence-electron chi connectivity index (χ2n) is 16.6. The second kappa shape index (κ2) is 38.7. The minimum Gasteiger partial charge on any atom is -0.457 e. The van der Waals surface area contributed by atoms with Gasteiger partial charge in [0, 0.05) is 13.0 Å². The Kier molecular flexibility index (Phi) is 36.4. The molecule has 13 heteroatoms. The molecular weight excluding hydrogens is 799 g/mol. The number of esters is 1. The smallest absolute Gasteiger partial charge is 0.457 e. The monoisotopic (exact) mass is 887 g/mol. The van der Waals surface area contributed by atoms with Gasteiger partial charge in [-0.2, -0.15) is 0 Å². The van der Waals surface area contributed by atoms with Crippen molar-refractivity contribution in [3.05, 3.63) is 48.6 Å². The summed E-state index contributed by atoms with van der Waals surface area (Å²) in [4.78, 5) is 23.2. The summed E-state index contributed by atoms with van der Waals surface area (Å²) in [7, 11) is -5.02. The standard InChI is InChI=1S/C48H87O12P/c1-3-5-7-9-11-13-15-17-19-21-23-25-27-29-31-33-35-37-42(49)59-41(40-58-61(55,56)60-48-46(53)44(51)43(50)45(52)47(48)54)39-57-38-36-34-32-30-28-26-24-22-20-18-16-14-12-10-8-6-4-2/h5,7,11,13,17,19-20,22,41,43-48,50-54H,3-4,6,8-10,12,14-16,18,21,23-40H2,1-2H3,(H,55,56)/b7-5-,13-11-,19-17-,22-20-. The van der Waals surface area contributed by atoms with E-state index in [4.69, 9.17) is 18.5 Å². The van der Waals surface area contributed by atoms with Crippen LogP contribution in [0.2, 0.25) is 0 Å². The average molecular weight is 887 g/mol. The average Bonchev–Trinajstić information content (AvgIpc) is 3.24. The lowest BCUT2D eigenvalue weighted by Crippen LogP contribution is -2.64. The van der Waals surface area contributed by atoms with E-state index in [2.05, 4.69) is 62.5 Å². The number of aliphatic hydroxyl groups is 5. The van der Waals surface area contributed by atoms with Gasteiger partial charge >= 0.3 is 13.8 Å². The van der Waals surface area contributed by atoms with Gasteiger partial charge in [0.05, 0.1) is 13.2 Å². The Bertz CT molecular complexity index is 1190. The van der Waals surface area contributed by atoms with Crippen molar-refractivity contribution in [3.63, 3.8) is 0 Å². The van der Waals surface area contributed by atoms with Crippen LogP contribution in [-0.2, 0) is 27.9 Å². The first-order valence-electron chi connectivity index (χ1n) is 24.0. The van der Waals surface area contributed by atoms with Crippen molar-refractivity contribution < 1.29 is 58.3 Å². The molecule has 0 bridgehead atoms. The maximum absolute atomic E-state index is 12.8. The van der Waals surface area contributed by atoms with Crippen LogP contribution < -0.4 is 0 Å². The number of unbranched alkanes of at least 4 members (excludes halogenated alkanes) is 20. The van der Waals surface area contributed by atoms with E-state index in [9.17, 15) is 39.8 Å². The van der Waals surface area contributed by atoms with Crippen molar-refractivity contribution >= 4 is 13.8 Å². The molecule has 1 aliphatic carbocycles. The lowest BCUT2D eigenvalue weighted by molar-refractivity contribution is -0.220. The molecule has 1 saturated carbocycles. The molecule has 0 amide bonds. The van der Waals surface area contributed by atoms with Crippen molar-refractivity contribution in [1.29, 1.82) is 0 Å². The third-order valence-electron chi connectivity index (χ3n) is 10.9. The normalized spacial score (nSPS) is 22.6. The van der Waals surface area contributed by atoms with Gasteiger partial charge in [0.15, 0.2) is 0 Å². The predicted molar refractivity (Wildman–Crippen MR) is 244 cm³/mol. The number of allylic oxidation sites excluding steroid dienone is 8. The van der Waals surface area contributed by atoms with Crippen LogP contribution in [0.15, 0.2) is 48.6 Å². The highest BCUT2D eigenvalue weighted by Crippen LogP contribution is 2.47. The molecule has 1 fully saturated rings. The number of phosphoric ester groups is 1. The van der Waals surface area contributed by atoms with Crippen LogP contribution in [0.5, 0.6) is 0 Å². The zero-order valence-electron chi connectivity index (χ0n) is 38.0. The van der Waals surface area contributed by atoms with Gasteiger partial charge in [-0.05, 0) is 70.6 Å². The SMILES string of the molecule is CC/C=C\C/C=C\C/C=C\CCCCCCCCCC(=O)OC(COCCCCCCCC/C=C\CCCCCCCCC)COP(=O)(O)OC1C(O)C(O)C(O)C(O)C1O. The van der Waals surface area contributed by atoms with Crippen LogP contribution >= 0.6 is 7.82 Å². The van der Waals surface area contributed by atoms with E-state index in [0.29, 0.717) is 13.0 Å². The quantitative estimate of drug-likeness (QED) is 0.0148. The molecule has 1 rings (SSSR count). The summed E-state index contributed by atoms with van der Waals surface area (Å²) in [5.74, 6) is -0.490. The van der Waals surface area contributed by atoms with E-state index in [1.165, 1.54) is 70.6 Å². The summed E-state index contributed by atoms with van der Waals surface area (Å²) in [5, 5.41) is 50.2. The molecule has 0 radical (unpaired) electrons. The molecule has 0 aliphatic heterocycles. The molecule has 61 heavy (non-hydrogen) atoms. The number of hydrogen-bond acceptors (Lipinski definition) is 11. The Hall–Kier alpha value is -1.70. The molecule has 0 aromatic rings. The molecule has 6 N–H and O–H groups in total. The molecule has 6 unspecified atom stereocenters. The first-order valence-corrected chi connectivity index (χ1v) is 25.5. The molecule has 0 heterocycles. The summed E-state index contributed by atoms with van der Waals surface area (Å²) in [6.07, 6.45) is 34.6. The minimum absolute atomic E-state index is 0.0856. The van der Waals surface area contributed by atoms with Crippen LogP contribution in [0.1, 0.15) is 187 Å². The van der Waals surface area contributed by atoms with Gasteiger partial charge in [0.2, 0.25) is 0 Å². The van der Waals surface area contributed by atoms with Crippen molar-refractivity contribution in [2.45, 2.75) is 230 Å². The number of carbonyl (C=O) groups is 1. The number of carbonyl (C=O) groups excluding carboxylic acids is 1. The van der Waals surface area contributed by atoms with Crippen LogP contribution in [-0.4, -0.2) is 98.9 Å². The van der Waals surface area contributed by atoms with E-state index in [-0.39, 0.29) is 13.0 Å². The third kappa shape index (κ3) is 30.9. The molecule has 6 atom stereocenters. The van der Waals surface area contributed by atoms with Crippen molar-refractivity contribution in [2.75, 3.05) is 19.8 Å². The maximum Gasteiger partial charge on any atom is 0.472 e. The molecule has 0 aromatic heterocycles. The van der Waals surface area contributed by atoms with Gasteiger partial charge in [-0.3, -0.25) is 13.8 Å². The van der Waals surface area contributed by atoms with Gasteiger partial charge in [0.1, 0.15) is 42.7 Å². The van der Waals surface area contributed by atoms with Gasteiger partial charge in [0.25, 0.3) is 0 Å². The van der Waals surface area contributed by atoms with Crippen LogP contribution in [0, 0.1) is 0 Å². The van der Waals surface area contributed by atoms with Crippen LogP contribution in [0.4, 0.5) is 0 Å². The molecule has 356 valence electrons. The first kappa shape index (κ1) is 57.3. The predicted octanol–water partition coefficient (Wildman–Crippen LogP) is 10.0. The Labute approximate surface area is 369 Å². The molecular formula is C48H87O12P. The van der Waals surface area contributed by atoms with Gasteiger partial charge in [-0.1, -0.05) is 159 Å². The Morgan fingerprint density at radius 3 is 1.49 bits per heavy atom. The maximum atomic E-state index is 12.8. The van der Waals surface area contributed by atoms with Crippen molar-refractivity contribution in [3.8, 4) is 0 Å². The molecule has 0 aromatic carbocycles. The summed E-state index contributed by atoms with van der Waals surface area (Å²) in [6.45, 7) is 4.13. The number of phosphoric acid groups is 1. The third-order valence-corrected chi connectivity index (χ3v) is 11.9. The lowest BCUT2D eigenvalue weighted by atomic mass is 9.85. The molecule has 0 saturated heterocycles. The molecule has 1 aliphatic rings. The molecule has 12 nitrogen and oxygen atoms in total. The fourth-order valence-corrected chi connectivity index (χ4v) is 8.10. The fourth-order valence-electron chi connectivity index (χ4n) is 7.13. The van der Waals surface area contributed by atoms with E-state index >= 15 is 0 Å². The largest absolute Gasteiger partial charge is 0.472 e. The summed E-state index contributed by atoms with van der Waals surface area (Å²) >= 11 is 0. The summed E-state index contributed by atoms with van der Waals surface area (Å²) in [6, 6.07) is 0. The zero-order chi connectivity index (χ0) is 44.8. The minimum atomic E-state index is -5.02. The second-order valence-corrected chi connectivity index (χ2v) is 18.0. The Morgan fingerprint density at radius 2 is 0.967 bits per heavy atom. The number of ether oxygens (including phenoxy) is 2. The van der Waals surface area contributed by atoms with E-state index in [0.717, 1.165) is 89.9 Å². The van der Waals surface area contributed by atoms with E-state index in [1.54, 1.807) is 0 Å². The highest BCUT2D eigenvalue weighted by atomic mass is 31.2. The highest BCUT2D eigenvalue weighted by molar-refractivity contribution is 7.47. The van der Waals surface area contributed by atoms with Crippen molar-refractivity contribution in [2.24, 2.45) is 0 Å². The fraction of sp³-hybridized carbons (Fsp3) is 0.812. The van der Waals surface area contributed by atoms with Gasteiger partial charge < -0.3 is 39.9 Å². The summed E-state index contributed by atoms with van der Waals surface area (Å²) in [5.41, 5.74) is 0. The van der Waals surface area contributed by atoms with Crippen LogP contribution in [0.25, 0.3) is 0 Å². The topological polar surface area (TPSA) is 192 Å². The first-order chi connectivity index (χ1) is 29.5. The van der Waals surface area contributed by atoms with Gasteiger partial charge in [-0.15, -0.1) is 0 Å². The summed E-state index contributed by atoms with van der Waals surface area (Å²) < 4.78 is 34.2. The molecule has 0 spiro atoms. The van der Waals surface area contributed by atoms with Crippen LogP contribution in [0.3, 0.4) is 0 Å². The zero-order valence-corrected chi connectivity index (χ0v) is 38.8. The highest BCUT2D eigenvalue weighted by Gasteiger charge is 2.51. The van der Waals surface area contributed by atoms with E-state index < -0.39 is 63.1 Å². The lowest BCUT2D eigenvalue weighted by Gasteiger charge is -2.41. The van der Waals surface area contributed by atoms with E-state index in [1.807, 2.05) is 0 Å². The van der Waals surface area contributed by atoms with Crippen molar-refractivity contribution in [1.82, 2.24) is 0 Å². The number of hydrogen-bond donors (Lipinski definition) is 6. The number of rotatable bonds is 40.